The lowest BCUT2D eigenvalue weighted by atomic mass is 10.3. The van der Waals surface area contributed by atoms with E-state index in [4.69, 9.17) is 5.73 Å². The Kier molecular flexibility index (Phi) is 5.42. The molecule has 0 aliphatic rings. The fourth-order valence-corrected chi connectivity index (χ4v) is 0.374. The maximum Gasteiger partial charge on any atom is 0.352 e. The van der Waals surface area contributed by atoms with Crippen molar-refractivity contribution in [2.24, 2.45) is 5.73 Å². The third kappa shape index (κ3) is 4.52. The van der Waals surface area contributed by atoms with Crippen molar-refractivity contribution in [2.75, 3.05) is 13.1 Å². The Morgan fingerprint density at radius 1 is 1.73 bits per heavy atom. The van der Waals surface area contributed by atoms with E-state index in [0.29, 0.717) is 18.7 Å². The number of carbonyl (C=O) groups excluding carboxylic acids is 1. The Morgan fingerprint density at radius 3 is 2.82 bits per heavy atom. The van der Waals surface area contributed by atoms with Gasteiger partial charge < -0.3 is 10.6 Å². The summed E-state index contributed by atoms with van der Waals surface area (Å²) < 4.78 is 0. The molecule has 64 valence electrons. The molecule has 0 fully saturated rings. The van der Waals surface area contributed by atoms with Crippen molar-refractivity contribution in [1.82, 2.24) is 5.48 Å². The summed E-state index contributed by atoms with van der Waals surface area (Å²) in [4.78, 5) is 15.5. The van der Waals surface area contributed by atoms with Gasteiger partial charge in [-0.1, -0.05) is 6.08 Å². The lowest BCUT2D eigenvalue weighted by molar-refractivity contribution is -0.146. The third-order valence-corrected chi connectivity index (χ3v) is 1.17. The summed E-state index contributed by atoms with van der Waals surface area (Å²) in [5.74, 6) is -0.360. The molecule has 0 unspecified atom stereocenters. The van der Waals surface area contributed by atoms with Crippen LogP contribution in [0.5, 0.6) is 0 Å². The first-order valence-electron chi connectivity index (χ1n) is 3.49. The molecule has 0 aliphatic carbocycles. The summed E-state index contributed by atoms with van der Waals surface area (Å²) in [5, 5.41) is 0. The number of nitrogens with two attached hydrogens (primary N) is 1. The van der Waals surface area contributed by atoms with Crippen LogP contribution in [-0.2, 0) is 9.63 Å². The molecule has 0 aliphatic heterocycles. The minimum absolute atomic E-state index is 0.360. The summed E-state index contributed by atoms with van der Waals surface area (Å²) >= 11 is 0. The maximum atomic E-state index is 10.9. The third-order valence-electron chi connectivity index (χ3n) is 1.17. The number of nitrogens with one attached hydrogen (secondary N) is 1. The first-order valence-corrected chi connectivity index (χ1v) is 3.49. The van der Waals surface area contributed by atoms with Crippen molar-refractivity contribution < 1.29 is 9.63 Å². The molecule has 0 saturated carbocycles. The van der Waals surface area contributed by atoms with E-state index in [0.717, 1.165) is 0 Å². The van der Waals surface area contributed by atoms with Crippen LogP contribution >= 0.6 is 0 Å². The van der Waals surface area contributed by atoms with Crippen molar-refractivity contribution in [3.63, 3.8) is 0 Å². The lowest BCUT2D eigenvalue weighted by Gasteiger charge is -2.02. The van der Waals surface area contributed by atoms with Crippen molar-refractivity contribution in [2.45, 2.75) is 13.8 Å². The Hall–Kier alpha value is -0.870. The predicted molar refractivity (Wildman–Crippen MR) is 42.6 cm³/mol. The molecular formula is C7H14N2O2. The summed E-state index contributed by atoms with van der Waals surface area (Å²) in [7, 11) is 0. The first kappa shape index (κ1) is 10.1. The fraction of sp³-hybridized carbons (Fsp3) is 0.571. The zero-order valence-electron chi connectivity index (χ0n) is 6.89. The highest BCUT2D eigenvalue weighted by molar-refractivity contribution is 5.87. The van der Waals surface area contributed by atoms with Crippen molar-refractivity contribution in [3.8, 4) is 0 Å². The van der Waals surface area contributed by atoms with Crippen molar-refractivity contribution in [3.05, 3.63) is 11.6 Å². The molecule has 4 nitrogen and oxygen atoms in total. The molecular weight excluding hydrogens is 144 g/mol. The van der Waals surface area contributed by atoms with Crippen LogP contribution in [0.15, 0.2) is 11.6 Å². The van der Waals surface area contributed by atoms with Gasteiger partial charge in [0.1, 0.15) is 0 Å². The van der Waals surface area contributed by atoms with Crippen LogP contribution in [0.4, 0.5) is 0 Å². The number of allylic oxidation sites excluding steroid dienone is 1. The molecule has 0 amide bonds. The second kappa shape index (κ2) is 5.88. The normalized spacial score (nSPS) is 11.4. The zero-order valence-corrected chi connectivity index (χ0v) is 6.89. The minimum Gasteiger partial charge on any atom is -0.367 e. The number of hydrogen-bond donors (Lipinski definition) is 2. The molecule has 3 N–H and O–H groups in total. The quantitative estimate of drug-likeness (QED) is 0.342. The van der Waals surface area contributed by atoms with E-state index >= 15 is 0 Å². The standard InChI is InChI=1S/C7H14N2O2/c1-3-6(2)7(10)11-9-5-4-8/h3,9H,4-5,8H2,1-2H3. The van der Waals surface area contributed by atoms with E-state index in [1.54, 1.807) is 19.9 Å². The molecule has 0 bridgehead atoms. The van der Waals surface area contributed by atoms with Gasteiger partial charge in [0.25, 0.3) is 0 Å². The van der Waals surface area contributed by atoms with Crippen LogP contribution < -0.4 is 11.2 Å². The Bertz CT molecular complexity index is 155. The monoisotopic (exact) mass is 158 g/mol. The Morgan fingerprint density at radius 2 is 2.36 bits per heavy atom. The number of hydrogen-bond acceptors (Lipinski definition) is 4. The van der Waals surface area contributed by atoms with Gasteiger partial charge in [-0.25, -0.2) is 4.79 Å². The van der Waals surface area contributed by atoms with Gasteiger partial charge >= 0.3 is 5.97 Å². The summed E-state index contributed by atoms with van der Waals surface area (Å²) in [6.07, 6.45) is 1.69. The maximum absolute atomic E-state index is 10.9. The second-order valence-electron chi connectivity index (χ2n) is 2.04. The largest absolute Gasteiger partial charge is 0.367 e. The average molecular weight is 158 g/mol. The summed E-state index contributed by atoms with van der Waals surface area (Å²) in [6, 6.07) is 0. The van der Waals surface area contributed by atoms with Crippen molar-refractivity contribution >= 4 is 5.97 Å². The Balaban J connectivity index is 3.53. The lowest BCUT2D eigenvalue weighted by Crippen LogP contribution is -2.26. The average Bonchev–Trinajstić information content (AvgIpc) is 2.03. The van der Waals surface area contributed by atoms with Gasteiger partial charge in [0.15, 0.2) is 0 Å². The SMILES string of the molecule is CC=C(C)C(=O)ONCCN. The van der Waals surface area contributed by atoms with Crippen LogP contribution in [0, 0.1) is 0 Å². The molecule has 0 heterocycles. The van der Waals surface area contributed by atoms with E-state index in [1.807, 2.05) is 0 Å². The van der Waals surface area contributed by atoms with Crippen molar-refractivity contribution in [1.29, 1.82) is 0 Å². The van der Waals surface area contributed by atoms with E-state index in [9.17, 15) is 4.79 Å². The smallest absolute Gasteiger partial charge is 0.352 e. The highest BCUT2D eigenvalue weighted by Gasteiger charge is 2.02. The van der Waals surface area contributed by atoms with Gasteiger partial charge in [-0.3, -0.25) is 0 Å². The molecule has 0 saturated heterocycles. The molecule has 0 atom stereocenters. The Labute approximate surface area is 66.4 Å². The topological polar surface area (TPSA) is 64.3 Å². The predicted octanol–water partition coefficient (Wildman–Crippen LogP) is -0.0409. The molecule has 4 heteroatoms. The molecule has 11 heavy (non-hydrogen) atoms. The van der Waals surface area contributed by atoms with Gasteiger partial charge in [-0.05, 0) is 13.8 Å². The van der Waals surface area contributed by atoms with Crippen LogP contribution in [0.1, 0.15) is 13.8 Å². The highest BCUT2D eigenvalue weighted by Crippen LogP contribution is 1.92. The van der Waals surface area contributed by atoms with Gasteiger partial charge in [-0.15, -0.1) is 0 Å². The summed E-state index contributed by atoms with van der Waals surface area (Å²) in [6.45, 7) is 4.39. The summed E-state index contributed by atoms with van der Waals surface area (Å²) in [5.41, 5.74) is 8.17. The van der Waals surface area contributed by atoms with Crippen LogP contribution in [0.3, 0.4) is 0 Å². The molecule has 0 spiro atoms. The fourth-order valence-electron chi connectivity index (χ4n) is 0.374. The van der Waals surface area contributed by atoms with Crippen LogP contribution in [0.2, 0.25) is 0 Å². The molecule has 0 aromatic rings. The first-order chi connectivity index (χ1) is 5.22. The van der Waals surface area contributed by atoms with Gasteiger partial charge in [-0.2, -0.15) is 5.48 Å². The minimum atomic E-state index is -0.360. The highest BCUT2D eigenvalue weighted by atomic mass is 16.7. The van der Waals surface area contributed by atoms with E-state index in [2.05, 4.69) is 10.3 Å². The van der Waals surface area contributed by atoms with Gasteiger partial charge in [0.05, 0.1) is 0 Å². The number of hydroxylamine groups is 1. The van der Waals surface area contributed by atoms with Crippen LogP contribution in [0.25, 0.3) is 0 Å². The van der Waals surface area contributed by atoms with E-state index in [-0.39, 0.29) is 5.97 Å². The van der Waals surface area contributed by atoms with Crippen LogP contribution in [-0.4, -0.2) is 19.1 Å². The number of carbonyl (C=O) groups is 1. The van der Waals surface area contributed by atoms with E-state index < -0.39 is 0 Å². The van der Waals surface area contributed by atoms with E-state index in [1.165, 1.54) is 0 Å². The molecule has 0 aromatic carbocycles. The van der Waals surface area contributed by atoms with Gasteiger partial charge in [0.2, 0.25) is 0 Å². The zero-order chi connectivity index (χ0) is 8.69. The molecule has 0 radical (unpaired) electrons. The van der Waals surface area contributed by atoms with Gasteiger partial charge in [0, 0.05) is 18.7 Å². The molecule has 0 aromatic heterocycles. The second-order valence-corrected chi connectivity index (χ2v) is 2.04. The number of rotatable bonds is 4. The molecule has 0 rings (SSSR count).